The second-order valence-electron chi connectivity index (χ2n) is 3.39. The van der Waals surface area contributed by atoms with E-state index in [9.17, 15) is 5.11 Å². The fraction of sp³-hybridized carbons (Fsp3) is 0. The molecule has 0 aliphatic carbocycles. The molecule has 2 aromatic carbocycles. The minimum atomic E-state index is 0.303. The molecule has 2 rings (SSSR count). The average Bonchev–Trinajstić information content (AvgIpc) is 2.26. The van der Waals surface area contributed by atoms with Gasteiger partial charge in [0, 0.05) is 0 Å². The van der Waals surface area contributed by atoms with E-state index in [1.165, 1.54) is 0 Å². The summed E-state index contributed by atoms with van der Waals surface area (Å²) in [5, 5.41) is 11.5. The van der Waals surface area contributed by atoms with Crippen LogP contribution in [-0.4, -0.2) is 5.11 Å². The van der Waals surface area contributed by atoms with Gasteiger partial charge in [-0.05, 0) is 34.5 Å². The monoisotopic (exact) mass is 196 g/mol. The third-order valence-corrected chi connectivity index (χ3v) is 2.27. The molecule has 1 N–H and O–H groups in total. The third kappa shape index (κ3) is 2.08. The molecule has 0 aliphatic rings. The number of hydrogen-bond donors (Lipinski definition) is 1. The number of allylic oxidation sites excluding steroid dienone is 2. The topological polar surface area (TPSA) is 20.2 Å². The predicted octanol–water partition coefficient (Wildman–Crippen LogP) is 3.74. The van der Waals surface area contributed by atoms with E-state index in [0.717, 1.165) is 16.3 Å². The van der Waals surface area contributed by atoms with Crippen LogP contribution in [0.1, 0.15) is 5.56 Å². The van der Waals surface area contributed by atoms with Gasteiger partial charge in [-0.3, -0.25) is 0 Å². The highest BCUT2D eigenvalue weighted by Crippen LogP contribution is 2.21. The highest BCUT2D eigenvalue weighted by molar-refractivity contribution is 5.85. The van der Waals surface area contributed by atoms with Crippen LogP contribution >= 0.6 is 0 Å². The number of benzene rings is 2. The Morgan fingerprint density at radius 1 is 1.00 bits per heavy atom. The van der Waals surface area contributed by atoms with E-state index >= 15 is 0 Å². The van der Waals surface area contributed by atoms with Crippen LogP contribution in [0.4, 0.5) is 0 Å². The molecule has 0 amide bonds. The molecule has 0 fully saturated rings. The summed E-state index contributed by atoms with van der Waals surface area (Å²) in [6, 6.07) is 11.5. The second-order valence-corrected chi connectivity index (χ2v) is 3.39. The van der Waals surface area contributed by atoms with Gasteiger partial charge in [0.05, 0.1) is 0 Å². The summed E-state index contributed by atoms with van der Waals surface area (Å²) in [4.78, 5) is 0. The Morgan fingerprint density at radius 2 is 1.73 bits per heavy atom. The molecular weight excluding hydrogens is 184 g/mol. The van der Waals surface area contributed by atoms with Crippen molar-refractivity contribution in [3.05, 3.63) is 60.7 Å². The molecule has 0 saturated heterocycles. The van der Waals surface area contributed by atoms with Gasteiger partial charge in [0.2, 0.25) is 0 Å². The molecule has 74 valence electrons. The van der Waals surface area contributed by atoms with Gasteiger partial charge >= 0.3 is 0 Å². The summed E-state index contributed by atoms with van der Waals surface area (Å²) in [6.07, 6.45) is 5.65. The van der Waals surface area contributed by atoms with Crippen LogP contribution in [0, 0.1) is 0 Å². The molecular formula is C14H12O. The van der Waals surface area contributed by atoms with Crippen molar-refractivity contribution in [3.8, 4) is 5.75 Å². The molecule has 0 heterocycles. The van der Waals surface area contributed by atoms with Gasteiger partial charge in [0.15, 0.2) is 0 Å². The number of hydrogen-bond acceptors (Lipinski definition) is 1. The summed E-state index contributed by atoms with van der Waals surface area (Å²) < 4.78 is 0. The lowest BCUT2D eigenvalue weighted by atomic mass is 10.1. The van der Waals surface area contributed by atoms with E-state index in [1.54, 1.807) is 18.2 Å². The van der Waals surface area contributed by atoms with Gasteiger partial charge < -0.3 is 5.11 Å². The molecule has 1 nitrogen and oxygen atoms in total. The third-order valence-electron chi connectivity index (χ3n) is 2.27. The molecule has 0 bridgehead atoms. The number of fused-ring (bicyclic) bond motifs is 1. The van der Waals surface area contributed by atoms with Gasteiger partial charge in [-0.15, -0.1) is 0 Å². The van der Waals surface area contributed by atoms with E-state index in [2.05, 4.69) is 12.6 Å². The molecule has 0 unspecified atom stereocenters. The molecule has 0 saturated carbocycles. The van der Waals surface area contributed by atoms with Crippen molar-refractivity contribution >= 4 is 16.8 Å². The number of phenols is 1. The summed E-state index contributed by atoms with van der Waals surface area (Å²) in [7, 11) is 0. The highest BCUT2D eigenvalue weighted by atomic mass is 16.3. The zero-order valence-corrected chi connectivity index (χ0v) is 8.35. The minimum Gasteiger partial charge on any atom is -0.508 e. The molecule has 0 atom stereocenters. The normalized spacial score (nSPS) is 10.9. The van der Waals surface area contributed by atoms with Gasteiger partial charge in [-0.25, -0.2) is 0 Å². The number of phenolic OH excluding ortho intramolecular Hbond substituents is 1. The second kappa shape index (κ2) is 4.01. The van der Waals surface area contributed by atoms with Crippen molar-refractivity contribution < 1.29 is 5.11 Å². The maximum absolute atomic E-state index is 9.31. The van der Waals surface area contributed by atoms with E-state index < -0.39 is 0 Å². The van der Waals surface area contributed by atoms with Gasteiger partial charge in [0.1, 0.15) is 5.75 Å². The Bertz CT molecular complexity index is 524. The minimum absolute atomic E-state index is 0.303. The van der Waals surface area contributed by atoms with Crippen LogP contribution < -0.4 is 0 Å². The van der Waals surface area contributed by atoms with Crippen molar-refractivity contribution in [2.45, 2.75) is 0 Å². The lowest BCUT2D eigenvalue weighted by molar-refractivity contribution is 0.476. The average molecular weight is 196 g/mol. The molecule has 0 radical (unpaired) electrons. The molecule has 1 heteroatoms. The molecule has 0 aliphatic heterocycles. The summed E-state index contributed by atoms with van der Waals surface area (Å²) in [6.45, 7) is 3.63. The Kier molecular flexibility index (Phi) is 2.55. The Hall–Kier alpha value is -2.02. The first kappa shape index (κ1) is 9.53. The molecule has 2 aromatic rings. The van der Waals surface area contributed by atoms with E-state index in [1.807, 2.05) is 30.4 Å². The fourth-order valence-electron chi connectivity index (χ4n) is 1.53. The van der Waals surface area contributed by atoms with Crippen molar-refractivity contribution in [1.29, 1.82) is 0 Å². The van der Waals surface area contributed by atoms with E-state index in [4.69, 9.17) is 0 Å². The lowest BCUT2D eigenvalue weighted by Gasteiger charge is -2.00. The Morgan fingerprint density at radius 3 is 2.53 bits per heavy atom. The molecule has 0 spiro atoms. The number of aromatic hydroxyl groups is 1. The van der Waals surface area contributed by atoms with E-state index in [0.29, 0.717) is 5.75 Å². The lowest BCUT2D eigenvalue weighted by Crippen LogP contribution is -1.75. The molecule has 15 heavy (non-hydrogen) atoms. The first-order chi connectivity index (χ1) is 7.29. The summed E-state index contributed by atoms with van der Waals surface area (Å²) >= 11 is 0. The molecule has 0 aromatic heterocycles. The SMILES string of the molecule is C=C/C=C\c1ccc2cc(O)ccc2c1. The highest BCUT2D eigenvalue weighted by Gasteiger charge is 1.95. The van der Waals surface area contributed by atoms with Crippen molar-refractivity contribution in [3.63, 3.8) is 0 Å². The number of rotatable bonds is 2. The van der Waals surface area contributed by atoms with Gasteiger partial charge in [-0.1, -0.05) is 43.0 Å². The Balaban J connectivity index is 2.52. The van der Waals surface area contributed by atoms with Crippen molar-refractivity contribution in [1.82, 2.24) is 0 Å². The van der Waals surface area contributed by atoms with Crippen LogP contribution in [0.2, 0.25) is 0 Å². The maximum Gasteiger partial charge on any atom is 0.116 e. The zero-order valence-electron chi connectivity index (χ0n) is 8.35. The maximum atomic E-state index is 9.31. The summed E-state index contributed by atoms with van der Waals surface area (Å²) in [5.41, 5.74) is 1.13. The first-order valence-corrected chi connectivity index (χ1v) is 4.81. The predicted molar refractivity (Wildman–Crippen MR) is 64.8 cm³/mol. The van der Waals surface area contributed by atoms with Crippen LogP contribution in [0.25, 0.3) is 16.8 Å². The van der Waals surface area contributed by atoms with Crippen LogP contribution in [0.3, 0.4) is 0 Å². The van der Waals surface area contributed by atoms with Crippen LogP contribution in [0.5, 0.6) is 5.75 Å². The van der Waals surface area contributed by atoms with Crippen molar-refractivity contribution in [2.75, 3.05) is 0 Å². The fourth-order valence-corrected chi connectivity index (χ4v) is 1.53. The van der Waals surface area contributed by atoms with Crippen LogP contribution in [-0.2, 0) is 0 Å². The largest absolute Gasteiger partial charge is 0.508 e. The van der Waals surface area contributed by atoms with Gasteiger partial charge in [0.25, 0.3) is 0 Å². The first-order valence-electron chi connectivity index (χ1n) is 4.81. The smallest absolute Gasteiger partial charge is 0.116 e. The Labute approximate surface area is 89.0 Å². The van der Waals surface area contributed by atoms with E-state index in [-0.39, 0.29) is 0 Å². The zero-order chi connectivity index (χ0) is 10.7. The quantitative estimate of drug-likeness (QED) is 0.725. The van der Waals surface area contributed by atoms with Gasteiger partial charge in [-0.2, -0.15) is 0 Å². The van der Waals surface area contributed by atoms with Crippen LogP contribution in [0.15, 0.2) is 55.1 Å². The summed E-state index contributed by atoms with van der Waals surface area (Å²) in [5.74, 6) is 0.303. The van der Waals surface area contributed by atoms with Crippen molar-refractivity contribution in [2.24, 2.45) is 0 Å². The standard InChI is InChI=1S/C14H12O/c1-2-3-4-11-5-6-13-10-14(15)8-7-12(13)9-11/h2-10,15H,1H2/b4-3-.